The third-order valence-corrected chi connectivity index (χ3v) is 4.17. The van der Waals surface area contributed by atoms with E-state index in [1.165, 1.54) is 7.11 Å². The van der Waals surface area contributed by atoms with E-state index in [2.05, 4.69) is 23.9 Å². The first-order valence-corrected chi connectivity index (χ1v) is 8.27. The highest BCUT2D eigenvalue weighted by molar-refractivity contribution is 5.84. The molecule has 1 aromatic carbocycles. The zero-order valence-corrected chi connectivity index (χ0v) is 14.7. The maximum atomic E-state index is 12.6. The predicted molar refractivity (Wildman–Crippen MR) is 93.4 cm³/mol. The Balaban J connectivity index is 2.05. The zero-order valence-electron chi connectivity index (χ0n) is 14.7. The molecule has 1 saturated carbocycles. The molecule has 2 amide bonds. The van der Waals surface area contributed by atoms with Crippen LogP contribution in [0.1, 0.15) is 32.3 Å². The summed E-state index contributed by atoms with van der Waals surface area (Å²) in [6.07, 6.45) is 1.47. The summed E-state index contributed by atoms with van der Waals surface area (Å²) in [5, 5.41) is 2.61. The lowest BCUT2D eigenvalue weighted by atomic mass is 9.92. The van der Waals surface area contributed by atoms with E-state index in [1.54, 1.807) is 12.1 Å². The number of amides is 2. The van der Waals surface area contributed by atoms with Crippen LogP contribution in [0, 0.1) is 11.3 Å². The van der Waals surface area contributed by atoms with Gasteiger partial charge < -0.3 is 15.4 Å². The maximum Gasteiger partial charge on any atom is 0.411 e. The Morgan fingerprint density at radius 3 is 2.42 bits per heavy atom. The van der Waals surface area contributed by atoms with Crippen molar-refractivity contribution in [2.45, 2.75) is 33.2 Å². The molecular formula is C18H27N3O3. The van der Waals surface area contributed by atoms with Gasteiger partial charge in [0.1, 0.15) is 0 Å². The second-order valence-corrected chi connectivity index (χ2v) is 7.15. The molecular weight excluding hydrogens is 306 g/mol. The minimum atomic E-state index is -0.502. The highest BCUT2D eigenvalue weighted by Crippen LogP contribution is 2.32. The third-order valence-electron chi connectivity index (χ3n) is 4.17. The molecule has 6 nitrogen and oxygen atoms in total. The Kier molecular flexibility index (Phi) is 5.83. The average Bonchev–Trinajstić information content (AvgIpc) is 3.40. The average molecular weight is 333 g/mol. The van der Waals surface area contributed by atoms with Gasteiger partial charge in [-0.1, -0.05) is 26.0 Å². The molecule has 1 aliphatic rings. The lowest BCUT2D eigenvalue weighted by molar-refractivity contribution is -0.134. The minimum absolute atomic E-state index is 0.114. The van der Waals surface area contributed by atoms with Gasteiger partial charge in [-0.3, -0.25) is 10.1 Å². The Morgan fingerprint density at radius 2 is 1.92 bits per heavy atom. The first-order chi connectivity index (χ1) is 11.3. The van der Waals surface area contributed by atoms with Crippen LogP contribution in [-0.4, -0.2) is 37.1 Å². The number of benzene rings is 1. The molecule has 3 N–H and O–H groups in total. The van der Waals surface area contributed by atoms with Crippen LogP contribution >= 0.6 is 0 Å². The fourth-order valence-electron chi connectivity index (χ4n) is 2.46. The van der Waals surface area contributed by atoms with Crippen LogP contribution in [0.2, 0.25) is 0 Å². The molecule has 0 saturated heterocycles. The molecule has 6 heteroatoms. The van der Waals surface area contributed by atoms with Crippen molar-refractivity contribution in [2.24, 2.45) is 17.1 Å². The molecule has 2 rings (SSSR count). The number of carbonyl (C=O) groups excluding carboxylic acids is 2. The number of anilines is 1. The van der Waals surface area contributed by atoms with E-state index in [1.807, 2.05) is 17.0 Å². The summed E-state index contributed by atoms with van der Waals surface area (Å²) in [6.45, 7) is 5.87. The molecule has 0 radical (unpaired) electrons. The van der Waals surface area contributed by atoms with Gasteiger partial charge in [0.05, 0.1) is 7.11 Å². The second-order valence-electron chi connectivity index (χ2n) is 7.15. The van der Waals surface area contributed by atoms with Crippen LogP contribution in [0.4, 0.5) is 10.5 Å². The van der Waals surface area contributed by atoms with Gasteiger partial charge in [0.25, 0.3) is 0 Å². The van der Waals surface area contributed by atoms with Crippen molar-refractivity contribution < 1.29 is 14.3 Å². The minimum Gasteiger partial charge on any atom is -0.453 e. The summed E-state index contributed by atoms with van der Waals surface area (Å²) in [5.74, 6) is 0.395. The van der Waals surface area contributed by atoms with Crippen LogP contribution in [-0.2, 0) is 16.1 Å². The number of nitrogens with zero attached hydrogens (tertiary/aromatic N) is 1. The van der Waals surface area contributed by atoms with E-state index in [9.17, 15) is 9.59 Å². The van der Waals surface area contributed by atoms with Gasteiger partial charge in [-0.05, 0) is 42.5 Å². The van der Waals surface area contributed by atoms with Gasteiger partial charge in [0.2, 0.25) is 5.91 Å². The van der Waals surface area contributed by atoms with E-state index in [0.29, 0.717) is 25.3 Å². The van der Waals surface area contributed by atoms with Crippen LogP contribution in [0.25, 0.3) is 0 Å². The maximum absolute atomic E-state index is 12.6. The molecule has 132 valence electrons. The van der Waals surface area contributed by atoms with Crippen molar-refractivity contribution in [1.29, 1.82) is 0 Å². The molecule has 0 heterocycles. The Hall–Kier alpha value is -2.08. The largest absolute Gasteiger partial charge is 0.453 e. The summed E-state index contributed by atoms with van der Waals surface area (Å²) >= 11 is 0. The van der Waals surface area contributed by atoms with Gasteiger partial charge in [-0.2, -0.15) is 0 Å². The fraction of sp³-hybridized carbons (Fsp3) is 0.556. The number of ether oxygens (including phenoxy) is 1. The van der Waals surface area contributed by atoms with Crippen LogP contribution < -0.4 is 11.1 Å². The number of nitrogens with one attached hydrogen (secondary N) is 1. The van der Waals surface area contributed by atoms with Crippen LogP contribution in [0.3, 0.4) is 0 Å². The summed E-state index contributed by atoms with van der Waals surface area (Å²) in [6, 6.07) is 7.43. The van der Waals surface area contributed by atoms with Crippen LogP contribution in [0.15, 0.2) is 24.3 Å². The van der Waals surface area contributed by atoms with Crippen molar-refractivity contribution in [2.75, 3.05) is 25.5 Å². The number of nitrogens with two attached hydrogens (primary N) is 1. The smallest absolute Gasteiger partial charge is 0.411 e. The van der Waals surface area contributed by atoms with Crippen molar-refractivity contribution in [3.63, 3.8) is 0 Å². The van der Waals surface area contributed by atoms with E-state index in [-0.39, 0.29) is 17.2 Å². The lowest BCUT2D eigenvalue weighted by Crippen LogP contribution is -2.42. The van der Waals surface area contributed by atoms with Gasteiger partial charge >= 0.3 is 6.09 Å². The van der Waals surface area contributed by atoms with Gasteiger partial charge in [0.15, 0.2) is 0 Å². The summed E-state index contributed by atoms with van der Waals surface area (Å²) < 4.78 is 4.57. The van der Waals surface area contributed by atoms with Gasteiger partial charge in [-0.15, -0.1) is 0 Å². The second kappa shape index (κ2) is 7.66. The molecule has 24 heavy (non-hydrogen) atoms. The van der Waals surface area contributed by atoms with E-state index in [4.69, 9.17) is 5.73 Å². The summed E-state index contributed by atoms with van der Waals surface area (Å²) in [7, 11) is 1.32. The SMILES string of the molecule is COC(=O)Nc1ccc(CN(CC(C)(C)CN)C(=O)C2CC2)cc1. The Labute approximate surface area is 143 Å². The summed E-state index contributed by atoms with van der Waals surface area (Å²) in [5.41, 5.74) is 7.40. The molecule has 0 spiro atoms. The van der Waals surface area contributed by atoms with Gasteiger partial charge in [-0.25, -0.2) is 4.79 Å². The molecule has 0 aliphatic heterocycles. The predicted octanol–water partition coefficient (Wildman–Crippen LogP) is 2.59. The molecule has 1 aliphatic carbocycles. The molecule has 0 aromatic heterocycles. The van der Waals surface area contributed by atoms with E-state index >= 15 is 0 Å². The summed E-state index contributed by atoms with van der Waals surface area (Å²) in [4.78, 5) is 25.7. The van der Waals surface area contributed by atoms with Crippen molar-refractivity contribution in [3.8, 4) is 0 Å². The van der Waals surface area contributed by atoms with Gasteiger partial charge in [0, 0.05) is 24.7 Å². The lowest BCUT2D eigenvalue weighted by Gasteiger charge is -2.32. The first kappa shape index (κ1) is 18.3. The third kappa shape index (κ3) is 5.23. The van der Waals surface area contributed by atoms with E-state index < -0.39 is 6.09 Å². The molecule has 0 atom stereocenters. The highest BCUT2D eigenvalue weighted by Gasteiger charge is 2.35. The number of rotatable bonds is 7. The standard InChI is InChI=1S/C18H27N3O3/c1-18(2,11-19)12-21(16(22)14-6-7-14)10-13-4-8-15(9-5-13)20-17(23)24-3/h4-5,8-9,14H,6-7,10-12,19H2,1-3H3,(H,20,23). The number of methoxy groups -OCH3 is 1. The van der Waals surface area contributed by atoms with Crippen LogP contribution in [0.5, 0.6) is 0 Å². The molecule has 1 aromatic rings. The number of hydrogen-bond acceptors (Lipinski definition) is 4. The first-order valence-electron chi connectivity index (χ1n) is 8.27. The van der Waals surface area contributed by atoms with Crippen molar-refractivity contribution in [1.82, 2.24) is 4.90 Å². The quantitative estimate of drug-likeness (QED) is 0.803. The monoisotopic (exact) mass is 333 g/mol. The zero-order chi connectivity index (χ0) is 17.7. The Morgan fingerprint density at radius 1 is 1.29 bits per heavy atom. The normalized spacial score (nSPS) is 14.2. The van der Waals surface area contributed by atoms with E-state index in [0.717, 1.165) is 18.4 Å². The topological polar surface area (TPSA) is 84.7 Å². The Bertz CT molecular complexity index is 580. The number of hydrogen-bond donors (Lipinski definition) is 2. The molecule has 0 unspecified atom stereocenters. The fourth-order valence-corrected chi connectivity index (χ4v) is 2.46. The molecule has 0 bridgehead atoms. The van der Waals surface area contributed by atoms with Crippen molar-refractivity contribution in [3.05, 3.63) is 29.8 Å². The van der Waals surface area contributed by atoms with Crippen molar-refractivity contribution >= 4 is 17.7 Å². The highest BCUT2D eigenvalue weighted by atomic mass is 16.5. The molecule has 1 fully saturated rings. The number of carbonyl (C=O) groups is 2.